The number of halogens is 1. The van der Waals surface area contributed by atoms with Crippen LogP contribution in [0.15, 0.2) is 11.4 Å². The average Bonchev–Trinajstić information content (AvgIpc) is 2.65. The number of nitrogens with zero attached hydrogens (tertiary/aromatic N) is 1. The molecule has 1 fully saturated rings. The lowest BCUT2D eigenvalue weighted by Crippen LogP contribution is -2.46. The van der Waals surface area contributed by atoms with Gasteiger partial charge in [0.2, 0.25) is 0 Å². The van der Waals surface area contributed by atoms with E-state index in [0.717, 1.165) is 26.2 Å². The van der Waals surface area contributed by atoms with Gasteiger partial charge in [0.25, 0.3) is 5.91 Å². The van der Waals surface area contributed by atoms with E-state index in [-0.39, 0.29) is 5.91 Å². The molecule has 14 heavy (non-hydrogen) atoms. The molecule has 2 heterocycles. The summed E-state index contributed by atoms with van der Waals surface area (Å²) < 4.78 is 0. The van der Waals surface area contributed by atoms with Crippen LogP contribution in [-0.2, 0) is 0 Å². The molecule has 1 aliphatic rings. The summed E-state index contributed by atoms with van der Waals surface area (Å²) in [5.74, 6) is 0.0616. The van der Waals surface area contributed by atoms with Crippen molar-refractivity contribution in [3.63, 3.8) is 0 Å². The van der Waals surface area contributed by atoms with E-state index in [1.807, 2.05) is 10.3 Å². The highest BCUT2D eigenvalue weighted by Gasteiger charge is 2.20. The van der Waals surface area contributed by atoms with E-state index in [9.17, 15) is 4.79 Å². The maximum atomic E-state index is 11.9. The van der Waals surface area contributed by atoms with Gasteiger partial charge in [0.1, 0.15) is 4.88 Å². The number of carbonyl (C=O) groups excluding carboxylic acids is 1. The zero-order chi connectivity index (χ0) is 9.97. The highest BCUT2D eigenvalue weighted by molar-refractivity contribution is 7.12. The second-order valence-corrected chi connectivity index (χ2v) is 4.46. The number of carbonyl (C=O) groups is 1. The highest BCUT2D eigenvalue weighted by Crippen LogP contribution is 2.23. The van der Waals surface area contributed by atoms with Gasteiger partial charge in [-0.05, 0) is 11.4 Å². The Bertz CT molecular complexity index is 333. The van der Waals surface area contributed by atoms with Gasteiger partial charge in [0.05, 0.1) is 5.02 Å². The molecule has 0 bridgehead atoms. The molecule has 0 spiro atoms. The Morgan fingerprint density at radius 1 is 1.50 bits per heavy atom. The van der Waals surface area contributed by atoms with Gasteiger partial charge in [-0.3, -0.25) is 4.79 Å². The third-order valence-corrected chi connectivity index (χ3v) is 3.55. The number of thiophene rings is 1. The van der Waals surface area contributed by atoms with Crippen molar-refractivity contribution in [3.05, 3.63) is 21.3 Å². The predicted molar refractivity (Wildman–Crippen MR) is 58.1 cm³/mol. The van der Waals surface area contributed by atoms with E-state index < -0.39 is 0 Å². The van der Waals surface area contributed by atoms with Gasteiger partial charge >= 0.3 is 0 Å². The van der Waals surface area contributed by atoms with Crippen LogP contribution in [0.3, 0.4) is 0 Å². The molecule has 5 heteroatoms. The minimum absolute atomic E-state index is 0.0616. The van der Waals surface area contributed by atoms with E-state index in [1.165, 1.54) is 11.3 Å². The van der Waals surface area contributed by atoms with Crippen molar-refractivity contribution in [1.29, 1.82) is 0 Å². The Balaban J connectivity index is 2.11. The van der Waals surface area contributed by atoms with Gasteiger partial charge in [0, 0.05) is 26.2 Å². The lowest BCUT2D eigenvalue weighted by atomic mass is 10.3. The van der Waals surface area contributed by atoms with E-state index in [0.29, 0.717) is 9.90 Å². The van der Waals surface area contributed by atoms with Crippen molar-refractivity contribution >= 4 is 28.8 Å². The van der Waals surface area contributed by atoms with E-state index in [2.05, 4.69) is 5.32 Å². The largest absolute Gasteiger partial charge is 0.335 e. The van der Waals surface area contributed by atoms with Crippen LogP contribution in [0.1, 0.15) is 9.67 Å². The van der Waals surface area contributed by atoms with Crippen molar-refractivity contribution in [2.24, 2.45) is 0 Å². The molecule has 76 valence electrons. The zero-order valence-corrected chi connectivity index (χ0v) is 9.20. The first kappa shape index (κ1) is 9.96. The molecule has 0 aromatic carbocycles. The minimum Gasteiger partial charge on any atom is -0.335 e. The van der Waals surface area contributed by atoms with Crippen LogP contribution >= 0.6 is 22.9 Å². The zero-order valence-electron chi connectivity index (χ0n) is 7.62. The number of hydrogen-bond acceptors (Lipinski definition) is 3. The van der Waals surface area contributed by atoms with Gasteiger partial charge in [-0.1, -0.05) is 11.6 Å². The molecule has 1 amide bonds. The van der Waals surface area contributed by atoms with Gasteiger partial charge in [-0.2, -0.15) is 0 Å². The molecule has 1 saturated heterocycles. The first-order valence-corrected chi connectivity index (χ1v) is 5.78. The van der Waals surface area contributed by atoms with Crippen LogP contribution in [0.4, 0.5) is 0 Å². The number of rotatable bonds is 1. The molecule has 0 aliphatic carbocycles. The highest BCUT2D eigenvalue weighted by atomic mass is 35.5. The Hall–Kier alpha value is -0.580. The van der Waals surface area contributed by atoms with Crippen LogP contribution in [-0.4, -0.2) is 37.0 Å². The summed E-state index contributed by atoms with van der Waals surface area (Å²) in [6.07, 6.45) is 0. The third-order valence-electron chi connectivity index (χ3n) is 2.22. The van der Waals surface area contributed by atoms with Crippen molar-refractivity contribution in [1.82, 2.24) is 10.2 Å². The number of piperazine rings is 1. The first-order valence-electron chi connectivity index (χ1n) is 4.52. The average molecular weight is 231 g/mol. The lowest BCUT2D eigenvalue weighted by molar-refractivity contribution is 0.0741. The normalized spacial score (nSPS) is 17.1. The van der Waals surface area contributed by atoms with E-state index >= 15 is 0 Å². The minimum atomic E-state index is 0.0616. The summed E-state index contributed by atoms with van der Waals surface area (Å²) in [5.41, 5.74) is 0. The molecule has 1 N–H and O–H groups in total. The maximum absolute atomic E-state index is 11.9. The van der Waals surface area contributed by atoms with Crippen molar-refractivity contribution in [3.8, 4) is 0 Å². The van der Waals surface area contributed by atoms with Crippen LogP contribution in [0.25, 0.3) is 0 Å². The topological polar surface area (TPSA) is 32.3 Å². The Morgan fingerprint density at radius 2 is 2.21 bits per heavy atom. The molecule has 2 rings (SSSR count). The lowest BCUT2D eigenvalue weighted by Gasteiger charge is -2.27. The van der Waals surface area contributed by atoms with Gasteiger partial charge in [-0.15, -0.1) is 11.3 Å². The third kappa shape index (κ3) is 1.92. The summed E-state index contributed by atoms with van der Waals surface area (Å²) >= 11 is 7.31. The molecule has 3 nitrogen and oxygen atoms in total. The summed E-state index contributed by atoms with van der Waals surface area (Å²) in [6.45, 7) is 3.28. The van der Waals surface area contributed by atoms with Crippen LogP contribution in [0.5, 0.6) is 0 Å². The SMILES string of the molecule is O=C(c1sccc1Cl)N1CCNCC1. The monoisotopic (exact) mass is 230 g/mol. The van der Waals surface area contributed by atoms with E-state index in [1.54, 1.807) is 6.07 Å². The Labute approximate surface area is 91.7 Å². The second kappa shape index (κ2) is 4.29. The number of amides is 1. The smallest absolute Gasteiger partial charge is 0.265 e. The van der Waals surface area contributed by atoms with Crippen molar-refractivity contribution < 1.29 is 4.79 Å². The molecule has 1 aromatic rings. The standard InChI is InChI=1S/C9H11ClN2OS/c10-7-1-6-14-8(7)9(13)12-4-2-11-3-5-12/h1,6,11H,2-5H2. The summed E-state index contributed by atoms with van der Waals surface area (Å²) in [6, 6.07) is 1.77. The first-order chi connectivity index (χ1) is 6.79. The molecular weight excluding hydrogens is 220 g/mol. The van der Waals surface area contributed by atoms with Crippen LogP contribution in [0.2, 0.25) is 5.02 Å². The summed E-state index contributed by atoms with van der Waals surface area (Å²) in [4.78, 5) is 14.4. The maximum Gasteiger partial charge on any atom is 0.265 e. The van der Waals surface area contributed by atoms with Gasteiger partial charge in [0.15, 0.2) is 0 Å². The Morgan fingerprint density at radius 3 is 2.79 bits per heavy atom. The predicted octanol–water partition coefficient (Wildman–Crippen LogP) is 1.45. The second-order valence-electron chi connectivity index (χ2n) is 3.14. The molecule has 1 aliphatic heterocycles. The molecule has 0 saturated carbocycles. The fourth-order valence-corrected chi connectivity index (χ4v) is 2.56. The molecule has 0 atom stereocenters. The molecule has 0 unspecified atom stereocenters. The van der Waals surface area contributed by atoms with Crippen LogP contribution in [0, 0.1) is 0 Å². The van der Waals surface area contributed by atoms with Gasteiger partial charge in [-0.25, -0.2) is 0 Å². The molecule has 1 aromatic heterocycles. The van der Waals surface area contributed by atoms with Crippen molar-refractivity contribution in [2.75, 3.05) is 26.2 Å². The van der Waals surface area contributed by atoms with Gasteiger partial charge < -0.3 is 10.2 Å². The fourth-order valence-electron chi connectivity index (χ4n) is 1.46. The quantitative estimate of drug-likeness (QED) is 0.792. The Kier molecular flexibility index (Phi) is 3.05. The van der Waals surface area contributed by atoms with E-state index in [4.69, 9.17) is 11.6 Å². The summed E-state index contributed by atoms with van der Waals surface area (Å²) in [5, 5.41) is 5.62. The summed E-state index contributed by atoms with van der Waals surface area (Å²) in [7, 11) is 0. The number of nitrogens with one attached hydrogen (secondary N) is 1. The molecule has 0 radical (unpaired) electrons. The fraction of sp³-hybridized carbons (Fsp3) is 0.444. The van der Waals surface area contributed by atoms with Crippen LogP contribution < -0.4 is 5.32 Å². The number of hydrogen-bond donors (Lipinski definition) is 1. The molecular formula is C9H11ClN2OS. The van der Waals surface area contributed by atoms with Crippen molar-refractivity contribution in [2.45, 2.75) is 0 Å².